The molecule has 1 fully saturated rings. The number of hydrogen-bond donors (Lipinski definition) is 0. The Morgan fingerprint density at radius 1 is 1.09 bits per heavy atom. The van der Waals surface area contributed by atoms with Gasteiger partial charge >= 0.3 is 0 Å². The molecule has 6 rings (SSSR count). The maximum atomic E-state index is 13.9. The monoisotopic (exact) mass is 439 g/mol. The van der Waals surface area contributed by atoms with Gasteiger partial charge in [0.1, 0.15) is 0 Å². The summed E-state index contributed by atoms with van der Waals surface area (Å²) in [5.41, 5.74) is 4.85. The van der Waals surface area contributed by atoms with E-state index in [1.165, 1.54) is 4.68 Å². The molecule has 0 spiro atoms. The lowest BCUT2D eigenvalue weighted by atomic mass is 9.91. The molecule has 1 aromatic carbocycles. The Labute approximate surface area is 191 Å². The normalized spacial score (nSPS) is 17.6. The number of benzene rings is 1. The van der Waals surface area contributed by atoms with Crippen molar-refractivity contribution < 1.29 is 9.59 Å². The Bertz CT molecular complexity index is 1340. The first-order valence-corrected chi connectivity index (χ1v) is 11.5. The van der Waals surface area contributed by atoms with Crippen LogP contribution in [0.5, 0.6) is 0 Å². The van der Waals surface area contributed by atoms with Gasteiger partial charge in [0, 0.05) is 47.1 Å². The second-order valence-corrected chi connectivity index (χ2v) is 9.03. The van der Waals surface area contributed by atoms with Crippen LogP contribution in [0.25, 0.3) is 10.9 Å². The topological polar surface area (TPSA) is 73.0 Å². The van der Waals surface area contributed by atoms with E-state index in [9.17, 15) is 9.59 Å². The van der Waals surface area contributed by atoms with Crippen LogP contribution in [0.3, 0.4) is 0 Å². The highest BCUT2D eigenvalue weighted by Gasteiger charge is 2.40. The molecule has 166 valence electrons. The maximum Gasteiger partial charge on any atom is 0.255 e. The molecule has 1 amide bonds. The van der Waals surface area contributed by atoms with E-state index in [-0.39, 0.29) is 11.9 Å². The molecule has 0 saturated heterocycles. The van der Waals surface area contributed by atoms with E-state index in [2.05, 4.69) is 25.6 Å². The van der Waals surface area contributed by atoms with E-state index in [0.717, 1.165) is 71.9 Å². The number of hydrogen-bond acceptors (Lipinski definition) is 4. The lowest BCUT2D eigenvalue weighted by molar-refractivity contribution is 0.0645. The molecule has 0 bridgehead atoms. The quantitative estimate of drug-likeness (QED) is 0.431. The smallest absolute Gasteiger partial charge is 0.255 e. The first-order valence-electron chi connectivity index (χ1n) is 11.5. The first kappa shape index (κ1) is 19.9. The van der Waals surface area contributed by atoms with E-state index < -0.39 is 0 Å². The highest BCUT2D eigenvalue weighted by Crippen LogP contribution is 2.36. The third-order valence-corrected chi connectivity index (χ3v) is 6.84. The minimum Gasteiger partial charge on any atom is -0.341 e. The van der Waals surface area contributed by atoms with Gasteiger partial charge in [0.15, 0.2) is 0 Å². The van der Waals surface area contributed by atoms with Crippen LogP contribution < -0.4 is 0 Å². The van der Waals surface area contributed by atoms with Crippen molar-refractivity contribution in [3.63, 3.8) is 0 Å². The fourth-order valence-corrected chi connectivity index (χ4v) is 5.13. The molecule has 4 aromatic rings. The Hall–Kier alpha value is -3.74. The van der Waals surface area contributed by atoms with Crippen molar-refractivity contribution in [1.29, 1.82) is 0 Å². The summed E-state index contributed by atoms with van der Waals surface area (Å²) in [6.45, 7) is 0.667. The molecule has 1 saturated carbocycles. The van der Waals surface area contributed by atoms with Crippen molar-refractivity contribution in [1.82, 2.24) is 24.2 Å². The zero-order valence-electron chi connectivity index (χ0n) is 18.3. The number of carbonyl (C=O) groups excluding carboxylic acids is 2. The second-order valence-electron chi connectivity index (χ2n) is 9.03. The highest BCUT2D eigenvalue weighted by molar-refractivity contribution is 6.07. The van der Waals surface area contributed by atoms with Crippen molar-refractivity contribution in [2.45, 2.75) is 50.7 Å². The summed E-state index contributed by atoms with van der Waals surface area (Å²) in [6.07, 6.45) is 10.9. The van der Waals surface area contributed by atoms with Gasteiger partial charge in [0.25, 0.3) is 5.91 Å². The van der Waals surface area contributed by atoms with Gasteiger partial charge in [0.2, 0.25) is 6.41 Å². The predicted molar refractivity (Wildman–Crippen MR) is 125 cm³/mol. The molecule has 3 heterocycles. The molecular weight excluding hydrogens is 414 g/mol. The number of fused-ring (bicyclic) bond motifs is 2. The molecule has 2 aliphatic carbocycles. The number of aryl methyl sites for hydroxylation is 1. The number of nitrogens with zero attached hydrogens (tertiary/aromatic N) is 5. The average molecular weight is 440 g/mol. The largest absolute Gasteiger partial charge is 0.341 e. The molecule has 1 atom stereocenters. The van der Waals surface area contributed by atoms with E-state index in [4.69, 9.17) is 0 Å². The third kappa shape index (κ3) is 3.63. The van der Waals surface area contributed by atoms with Gasteiger partial charge in [-0.2, -0.15) is 5.10 Å². The molecular formula is C26H25N5O2. The average Bonchev–Trinajstić information content (AvgIpc) is 3.45. The minimum atomic E-state index is 0.106. The number of pyridine rings is 1. The Morgan fingerprint density at radius 3 is 2.79 bits per heavy atom. The fraction of sp³-hybridized carbons (Fsp3) is 0.308. The lowest BCUT2D eigenvalue weighted by Gasteiger charge is -2.34. The maximum absolute atomic E-state index is 13.9. The van der Waals surface area contributed by atoms with Crippen LogP contribution in [0.15, 0.2) is 61.1 Å². The molecule has 1 unspecified atom stereocenters. The van der Waals surface area contributed by atoms with Crippen LogP contribution in [-0.4, -0.2) is 48.6 Å². The van der Waals surface area contributed by atoms with Crippen LogP contribution in [0, 0.1) is 0 Å². The van der Waals surface area contributed by atoms with E-state index in [1.807, 2.05) is 48.8 Å². The first-order chi connectivity index (χ1) is 16.2. The van der Waals surface area contributed by atoms with Crippen molar-refractivity contribution in [2.75, 3.05) is 0 Å². The molecule has 2 aliphatic rings. The van der Waals surface area contributed by atoms with Gasteiger partial charge in [-0.25, -0.2) is 4.68 Å². The van der Waals surface area contributed by atoms with Crippen molar-refractivity contribution in [2.24, 2.45) is 0 Å². The highest BCUT2D eigenvalue weighted by atomic mass is 16.2. The SMILES string of the molecule is O=Cn1cc2c(n1)CCC(N(C(=O)c1cccc3c1ccn3Cc1ccccn1)C1CC1)C2. The zero-order valence-corrected chi connectivity index (χ0v) is 18.3. The molecule has 33 heavy (non-hydrogen) atoms. The number of amides is 1. The van der Waals surface area contributed by atoms with Crippen molar-refractivity contribution in [3.8, 4) is 0 Å². The summed E-state index contributed by atoms with van der Waals surface area (Å²) < 4.78 is 3.50. The van der Waals surface area contributed by atoms with Crippen LogP contribution in [0.4, 0.5) is 0 Å². The van der Waals surface area contributed by atoms with Crippen LogP contribution in [0.1, 0.15) is 46.6 Å². The van der Waals surface area contributed by atoms with Gasteiger partial charge < -0.3 is 9.47 Å². The Balaban J connectivity index is 1.31. The standard InChI is InChI=1S/C26H25N5O2/c32-17-30-15-18-14-21(9-10-24(18)28-30)31(20-7-8-20)26(33)23-5-3-6-25-22(23)11-13-29(25)16-19-4-1-2-12-27-19/h1-6,11-13,15,17,20-21H,7-10,14,16H2. The fourth-order valence-electron chi connectivity index (χ4n) is 5.13. The van der Waals surface area contributed by atoms with Gasteiger partial charge in [-0.05, 0) is 68.0 Å². The van der Waals surface area contributed by atoms with E-state index in [1.54, 1.807) is 6.20 Å². The van der Waals surface area contributed by atoms with Gasteiger partial charge in [-0.3, -0.25) is 14.6 Å². The van der Waals surface area contributed by atoms with E-state index >= 15 is 0 Å². The van der Waals surface area contributed by atoms with Crippen LogP contribution in [0.2, 0.25) is 0 Å². The summed E-state index contributed by atoms with van der Waals surface area (Å²) in [4.78, 5) is 31.6. The molecule has 3 aromatic heterocycles. The number of rotatable bonds is 6. The predicted octanol–water partition coefficient (Wildman–Crippen LogP) is 3.48. The Kier molecular flexibility index (Phi) is 4.82. The zero-order chi connectivity index (χ0) is 22.4. The summed E-state index contributed by atoms with van der Waals surface area (Å²) in [6, 6.07) is 14.4. The number of aromatic nitrogens is 4. The number of carbonyl (C=O) groups is 2. The van der Waals surface area contributed by atoms with Crippen LogP contribution in [-0.2, 0) is 24.2 Å². The van der Waals surface area contributed by atoms with Gasteiger partial charge in [-0.15, -0.1) is 0 Å². The summed E-state index contributed by atoms with van der Waals surface area (Å²) in [7, 11) is 0. The minimum absolute atomic E-state index is 0.106. The van der Waals surface area contributed by atoms with Crippen LogP contribution >= 0.6 is 0 Å². The van der Waals surface area contributed by atoms with Gasteiger partial charge in [-0.1, -0.05) is 12.1 Å². The molecule has 0 N–H and O–H groups in total. The Morgan fingerprint density at radius 2 is 2.00 bits per heavy atom. The molecule has 7 nitrogen and oxygen atoms in total. The van der Waals surface area contributed by atoms with Crippen molar-refractivity contribution >= 4 is 23.2 Å². The molecule has 7 heteroatoms. The summed E-state index contributed by atoms with van der Waals surface area (Å²) in [5.74, 6) is 0.106. The van der Waals surface area contributed by atoms with Gasteiger partial charge in [0.05, 0.1) is 17.9 Å². The summed E-state index contributed by atoms with van der Waals surface area (Å²) in [5, 5.41) is 5.32. The lowest BCUT2D eigenvalue weighted by Crippen LogP contribution is -2.44. The van der Waals surface area contributed by atoms with Crippen molar-refractivity contribution in [3.05, 3.63) is 83.6 Å². The molecule has 0 aliphatic heterocycles. The summed E-state index contributed by atoms with van der Waals surface area (Å²) >= 11 is 0. The van der Waals surface area contributed by atoms with E-state index in [0.29, 0.717) is 12.6 Å². The second kappa shape index (κ2) is 7.99. The molecule has 0 radical (unpaired) electrons. The third-order valence-electron chi connectivity index (χ3n) is 6.84.